The first-order chi connectivity index (χ1) is 7.74. The first kappa shape index (κ1) is 11.0. The molecular weight excluding hydrogens is 200 g/mol. The van der Waals surface area contributed by atoms with E-state index in [-0.39, 0.29) is 5.91 Å². The van der Waals surface area contributed by atoms with Gasteiger partial charge in [-0.3, -0.25) is 4.79 Å². The molecule has 0 saturated carbocycles. The summed E-state index contributed by atoms with van der Waals surface area (Å²) >= 11 is 0. The SMILES string of the molecule is CCC(=O)N1CC(c2ccc(NC)cc2)C1. The lowest BCUT2D eigenvalue weighted by Gasteiger charge is -2.39. The molecule has 0 spiro atoms. The summed E-state index contributed by atoms with van der Waals surface area (Å²) in [6.45, 7) is 3.68. The van der Waals surface area contributed by atoms with Gasteiger partial charge in [0, 0.05) is 38.2 Å². The fourth-order valence-corrected chi connectivity index (χ4v) is 2.04. The summed E-state index contributed by atoms with van der Waals surface area (Å²) in [6, 6.07) is 8.45. The Bertz CT molecular complexity index is 366. The van der Waals surface area contributed by atoms with Gasteiger partial charge in [-0.25, -0.2) is 0 Å². The fraction of sp³-hybridized carbons (Fsp3) is 0.462. The number of anilines is 1. The van der Waals surface area contributed by atoms with E-state index in [1.165, 1.54) is 5.56 Å². The molecule has 1 aliphatic rings. The Balaban J connectivity index is 1.93. The molecule has 0 atom stereocenters. The van der Waals surface area contributed by atoms with E-state index in [2.05, 4.69) is 29.6 Å². The van der Waals surface area contributed by atoms with Gasteiger partial charge in [0.15, 0.2) is 0 Å². The van der Waals surface area contributed by atoms with E-state index in [0.29, 0.717) is 12.3 Å². The van der Waals surface area contributed by atoms with E-state index in [4.69, 9.17) is 0 Å². The second-order valence-electron chi connectivity index (χ2n) is 4.22. The highest BCUT2D eigenvalue weighted by molar-refractivity contribution is 5.77. The van der Waals surface area contributed by atoms with E-state index in [9.17, 15) is 4.79 Å². The highest BCUT2D eigenvalue weighted by atomic mass is 16.2. The molecule has 1 saturated heterocycles. The minimum atomic E-state index is 0.267. The number of nitrogens with zero attached hydrogens (tertiary/aromatic N) is 1. The third-order valence-electron chi connectivity index (χ3n) is 3.21. The average molecular weight is 218 g/mol. The normalized spacial score (nSPS) is 15.8. The van der Waals surface area contributed by atoms with Gasteiger partial charge in [0.05, 0.1) is 0 Å². The zero-order chi connectivity index (χ0) is 11.5. The van der Waals surface area contributed by atoms with Crippen LogP contribution in [-0.2, 0) is 4.79 Å². The molecule has 0 aromatic heterocycles. The van der Waals surface area contributed by atoms with Crippen LogP contribution >= 0.6 is 0 Å². The maximum Gasteiger partial charge on any atom is 0.222 e. The van der Waals surface area contributed by atoms with E-state index >= 15 is 0 Å². The Morgan fingerprint density at radius 1 is 1.38 bits per heavy atom. The van der Waals surface area contributed by atoms with Crippen LogP contribution in [0, 0.1) is 0 Å². The Hall–Kier alpha value is -1.51. The van der Waals surface area contributed by atoms with E-state index in [1.54, 1.807) is 0 Å². The predicted molar refractivity (Wildman–Crippen MR) is 65.6 cm³/mol. The molecule has 86 valence electrons. The lowest BCUT2D eigenvalue weighted by molar-refractivity contribution is -0.135. The Labute approximate surface area is 96.5 Å². The minimum absolute atomic E-state index is 0.267. The zero-order valence-electron chi connectivity index (χ0n) is 9.86. The maximum atomic E-state index is 11.4. The van der Waals surface area contributed by atoms with Gasteiger partial charge < -0.3 is 10.2 Å². The summed E-state index contributed by atoms with van der Waals surface area (Å²) in [6.07, 6.45) is 0.616. The maximum absolute atomic E-state index is 11.4. The van der Waals surface area contributed by atoms with Crippen molar-refractivity contribution in [2.24, 2.45) is 0 Å². The molecule has 1 aliphatic heterocycles. The molecule has 1 amide bonds. The first-order valence-corrected chi connectivity index (χ1v) is 5.80. The number of rotatable bonds is 3. The molecule has 0 bridgehead atoms. The van der Waals surface area contributed by atoms with Crippen LogP contribution in [0.15, 0.2) is 24.3 Å². The van der Waals surface area contributed by atoms with Crippen molar-refractivity contribution >= 4 is 11.6 Å². The summed E-state index contributed by atoms with van der Waals surface area (Å²) in [4.78, 5) is 13.3. The number of benzene rings is 1. The third kappa shape index (κ3) is 2.03. The van der Waals surface area contributed by atoms with Crippen LogP contribution in [0.1, 0.15) is 24.8 Å². The van der Waals surface area contributed by atoms with Crippen LogP contribution in [0.25, 0.3) is 0 Å². The van der Waals surface area contributed by atoms with Crippen molar-refractivity contribution in [3.63, 3.8) is 0 Å². The molecule has 0 unspecified atom stereocenters. The van der Waals surface area contributed by atoms with Gasteiger partial charge in [0.2, 0.25) is 5.91 Å². The first-order valence-electron chi connectivity index (χ1n) is 5.80. The van der Waals surface area contributed by atoms with Crippen molar-refractivity contribution in [1.82, 2.24) is 4.90 Å². The summed E-state index contributed by atoms with van der Waals surface area (Å²) in [5, 5.41) is 3.10. The highest BCUT2D eigenvalue weighted by Gasteiger charge is 2.30. The summed E-state index contributed by atoms with van der Waals surface area (Å²) in [5.41, 5.74) is 2.46. The summed E-state index contributed by atoms with van der Waals surface area (Å²) in [5.74, 6) is 0.796. The lowest BCUT2D eigenvalue weighted by Crippen LogP contribution is -2.48. The summed E-state index contributed by atoms with van der Waals surface area (Å²) in [7, 11) is 1.92. The van der Waals surface area contributed by atoms with Gasteiger partial charge in [-0.05, 0) is 17.7 Å². The van der Waals surface area contributed by atoms with Crippen molar-refractivity contribution in [2.75, 3.05) is 25.5 Å². The minimum Gasteiger partial charge on any atom is -0.388 e. The molecule has 1 fully saturated rings. The predicted octanol–water partition coefficient (Wildman–Crippen LogP) is 2.06. The van der Waals surface area contributed by atoms with Crippen molar-refractivity contribution in [3.05, 3.63) is 29.8 Å². The number of hydrogen-bond donors (Lipinski definition) is 1. The molecule has 3 heteroatoms. The van der Waals surface area contributed by atoms with Crippen molar-refractivity contribution in [3.8, 4) is 0 Å². The summed E-state index contributed by atoms with van der Waals surface area (Å²) < 4.78 is 0. The van der Waals surface area contributed by atoms with Gasteiger partial charge in [-0.1, -0.05) is 19.1 Å². The molecule has 3 nitrogen and oxygen atoms in total. The second-order valence-corrected chi connectivity index (χ2v) is 4.22. The largest absolute Gasteiger partial charge is 0.388 e. The van der Waals surface area contributed by atoms with Gasteiger partial charge in [-0.15, -0.1) is 0 Å². The average Bonchev–Trinajstić information content (AvgIpc) is 2.27. The molecule has 16 heavy (non-hydrogen) atoms. The van der Waals surface area contributed by atoms with Crippen molar-refractivity contribution in [2.45, 2.75) is 19.3 Å². The number of amides is 1. The van der Waals surface area contributed by atoms with Gasteiger partial charge >= 0.3 is 0 Å². The van der Waals surface area contributed by atoms with Gasteiger partial charge in [-0.2, -0.15) is 0 Å². The molecular formula is C13H18N2O. The Kier molecular flexibility index (Phi) is 3.13. The number of hydrogen-bond acceptors (Lipinski definition) is 2. The Morgan fingerprint density at radius 2 is 2.00 bits per heavy atom. The second kappa shape index (κ2) is 4.56. The molecule has 2 rings (SSSR count). The molecule has 0 radical (unpaired) electrons. The third-order valence-corrected chi connectivity index (χ3v) is 3.21. The van der Waals surface area contributed by atoms with Crippen molar-refractivity contribution in [1.29, 1.82) is 0 Å². The van der Waals surface area contributed by atoms with Crippen LogP contribution in [-0.4, -0.2) is 30.9 Å². The molecule has 1 N–H and O–H groups in total. The fourth-order valence-electron chi connectivity index (χ4n) is 2.04. The van der Waals surface area contributed by atoms with E-state index in [0.717, 1.165) is 18.8 Å². The Morgan fingerprint density at radius 3 is 2.50 bits per heavy atom. The van der Waals surface area contributed by atoms with Crippen LogP contribution in [0.3, 0.4) is 0 Å². The van der Waals surface area contributed by atoms with Gasteiger partial charge in [0.25, 0.3) is 0 Å². The monoisotopic (exact) mass is 218 g/mol. The molecule has 1 aromatic rings. The molecule has 0 aliphatic carbocycles. The number of likely N-dealkylation sites (tertiary alicyclic amines) is 1. The van der Waals surface area contributed by atoms with Gasteiger partial charge in [0.1, 0.15) is 0 Å². The van der Waals surface area contributed by atoms with Crippen molar-refractivity contribution < 1.29 is 4.79 Å². The van der Waals surface area contributed by atoms with Crippen LogP contribution in [0.2, 0.25) is 0 Å². The molecule has 1 heterocycles. The quantitative estimate of drug-likeness (QED) is 0.842. The molecule has 1 aromatic carbocycles. The number of carbonyl (C=O) groups excluding carboxylic acids is 1. The zero-order valence-corrected chi connectivity index (χ0v) is 9.86. The number of nitrogens with one attached hydrogen (secondary N) is 1. The lowest BCUT2D eigenvalue weighted by atomic mass is 9.91. The van der Waals surface area contributed by atoms with E-state index in [1.807, 2.05) is 18.9 Å². The van der Waals surface area contributed by atoms with E-state index < -0.39 is 0 Å². The highest BCUT2D eigenvalue weighted by Crippen LogP contribution is 2.28. The standard InChI is InChI=1S/C13H18N2O/c1-3-13(16)15-8-11(9-15)10-4-6-12(14-2)7-5-10/h4-7,11,14H,3,8-9H2,1-2H3. The van der Waals surface area contributed by atoms with Crippen LogP contribution in [0.5, 0.6) is 0 Å². The van der Waals surface area contributed by atoms with Crippen LogP contribution < -0.4 is 5.32 Å². The number of carbonyl (C=O) groups is 1. The smallest absolute Gasteiger partial charge is 0.222 e. The topological polar surface area (TPSA) is 32.3 Å². The van der Waals surface area contributed by atoms with Crippen LogP contribution in [0.4, 0.5) is 5.69 Å².